The number of rotatable bonds is 6. The van der Waals surface area contributed by atoms with Crippen LogP contribution in [0, 0.1) is 0 Å². The molecule has 7 heteroatoms. The summed E-state index contributed by atoms with van der Waals surface area (Å²) in [5, 5.41) is 0.384. The Morgan fingerprint density at radius 2 is 2.00 bits per heavy atom. The van der Waals surface area contributed by atoms with Crippen LogP contribution in [0.2, 0.25) is 5.02 Å². The lowest BCUT2D eigenvalue weighted by atomic mass is 10.1. The minimum absolute atomic E-state index is 0.111. The Kier molecular flexibility index (Phi) is 5.37. The van der Waals surface area contributed by atoms with Gasteiger partial charge in [-0.3, -0.25) is 0 Å². The number of hydrogen-bond donors (Lipinski definition) is 1. The Morgan fingerprint density at radius 1 is 1.33 bits per heavy atom. The van der Waals surface area contributed by atoms with Gasteiger partial charge in [-0.25, -0.2) is 8.78 Å². The molecule has 2 N–H and O–H groups in total. The molecular weight excluding hydrogens is 274 g/mol. The van der Waals surface area contributed by atoms with Gasteiger partial charge in [0.1, 0.15) is 6.61 Å². The van der Waals surface area contributed by atoms with Crippen molar-refractivity contribution < 1.29 is 22.3 Å². The summed E-state index contributed by atoms with van der Waals surface area (Å²) in [6.07, 6.45) is -4.66. The summed E-state index contributed by atoms with van der Waals surface area (Å²) < 4.78 is 54.0. The van der Waals surface area contributed by atoms with Crippen LogP contribution in [0.3, 0.4) is 0 Å². The maximum Gasteiger partial charge on any atom is 0.330 e. The highest BCUT2D eigenvalue weighted by atomic mass is 35.5. The normalized spacial score (nSPS) is 13.9. The molecule has 1 unspecified atom stereocenters. The highest BCUT2D eigenvalue weighted by molar-refractivity contribution is 6.30. The van der Waals surface area contributed by atoms with E-state index in [1.54, 1.807) is 18.2 Å². The van der Waals surface area contributed by atoms with Crippen molar-refractivity contribution in [2.75, 3.05) is 13.2 Å². The molecule has 0 bridgehead atoms. The third-order valence-corrected chi connectivity index (χ3v) is 2.47. The second-order valence-electron chi connectivity index (χ2n) is 3.65. The third-order valence-electron chi connectivity index (χ3n) is 2.23. The van der Waals surface area contributed by atoms with Crippen LogP contribution in [-0.2, 0) is 4.74 Å². The molecule has 0 aliphatic carbocycles. The Morgan fingerprint density at radius 3 is 2.50 bits per heavy atom. The van der Waals surface area contributed by atoms with Crippen molar-refractivity contribution >= 4 is 11.6 Å². The molecule has 1 rings (SSSR count). The molecular formula is C11H12ClF4NO. The largest absolute Gasteiger partial charge is 0.366 e. The van der Waals surface area contributed by atoms with Gasteiger partial charge < -0.3 is 10.5 Å². The van der Waals surface area contributed by atoms with Gasteiger partial charge >= 0.3 is 12.3 Å². The van der Waals surface area contributed by atoms with E-state index in [1.165, 1.54) is 6.07 Å². The first-order valence-corrected chi connectivity index (χ1v) is 5.47. The number of nitrogens with two attached hydrogens (primary N) is 1. The molecule has 0 radical (unpaired) electrons. The second kappa shape index (κ2) is 6.36. The van der Waals surface area contributed by atoms with E-state index in [0.717, 1.165) is 0 Å². The van der Waals surface area contributed by atoms with Gasteiger partial charge in [0.2, 0.25) is 0 Å². The highest BCUT2D eigenvalue weighted by Crippen LogP contribution is 2.27. The maximum atomic E-state index is 12.7. The monoisotopic (exact) mass is 285 g/mol. The number of alkyl halides is 4. The fraction of sp³-hybridized carbons (Fsp3) is 0.455. The van der Waals surface area contributed by atoms with E-state index in [4.69, 9.17) is 22.1 Å². The molecule has 0 saturated carbocycles. The quantitative estimate of drug-likeness (QED) is 0.814. The predicted molar refractivity (Wildman–Crippen MR) is 60.2 cm³/mol. The van der Waals surface area contributed by atoms with Gasteiger partial charge in [0, 0.05) is 11.6 Å². The molecule has 18 heavy (non-hydrogen) atoms. The molecule has 0 aliphatic heterocycles. The lowest BCUT2D eigenvalue weighted by Gasteiger charge is -2.21. The number of hydrogen-bond acceptors (Lipinski definition) is 2. The van der Waals surface area contributed by atoms with Crippen LogP contribution in [0.1, 0.15) is 11.7 Å². The summed E-state index contributed by atoms with van der Waals surface area (Å²) >= 11 is 5.72. The van der Waals surface area contributed by atoms with Gasteiger partial charge in [-0.1, -0.05) is 23.7 Å². The average molecular weight is 286 g/mol. The van der Waals surface area contributed by atoms with Crippen molar-refractivity contribution in [2.24, 2.45) is 5.73 Å². The van der Waals surface area contributed by atoms with E-state index in [2.05, 4.69) is 0 Å². The van der Waals surface area contributed by atoms with Crippen LogP contribution in [0.15, 0.2) is 24.3 Å². The minimum atomic E-state index is -4.19. The fourth-order valence-corrected chi connectivity index (χ4v) is 1.48. The van der Waals surface area contributed by atoms with E-state index in [0.29, 0.717) is 10.6 Å². The van der Waals surface area contributed by atoms with Gasteiger partial charge in [0.05, 0.1) is 6.10 Å². The molecule has 0 heterocycles. The molecule has 1 aromatic carbocycles. The number of ether oxygens (including phenoxy) is 1. The number of benzene rings is 1. The van der Waals surface area contributed by atoms with Gasteiger partial charge in [0.25, 0.3) is 0 Å². The molecule has 2 nitrogen and oxygen atoms in total. The Bertz CT molecular complexity index is 389. The van der Waals surface area contributed by atoms with Crippen LogP contribution < -0.4 is 5.73 Å². The van der Waals surface area contributed by atoms with Crippen LogP contribution in [0.4, 0.5) is 17.6 Å². The summed E-state index contributed by atoms with van der Waals surface area (Å²) in [4.78, 5) is 0. The smallest absolute Gasteiger partial charge is 0.330 e. The fourth-order valence-electron chi connectivity index (χ4n) is 1.28. The molecule has 1 aromatic rings. The third kappa shape index (κ3) is 4.12. The average Bonchev–Trinajstić information content (AvgIpc) is 2.29. The van der Waals surface area contributed by atoms with Crippen LogP contribution in [0.25, 0.3) is 0 Å². The van der Waals surface area contributed by atoms with Crippen molar-refractivity contribution in [1.82, 2.24) is 0 Å². The summed E-state index contributed by atoms with van der Waals surface area (Å²) in [5.41, 5.74) is 5.83. The van der Waals surface area contributed by atoms with Crippen molar-refractivity contribution in [3.8, 4) is 0 Å². The SMILES string of the molecule is NCC(OCC(F)(F)C(F)F)c1cccc(Cl)c1. The number of halogens is 5. The van der Waals surface area contributed by atoms with Crippen molar-refractivity contribution in [1.29, 1.82) is 0 Å². The summed E-state index contributed by atoms with van der Waals surface area (Å²) in [6.45, 7) is -1.50. The zero-order valence-electron chi connectivity index (χ0n) is 9.25. The van der Waals surface area contributed by atoms with Crippen molar-refractivity contribution in [3.63, 3.8) is 0 Å². The van der Waals surface area contributed by atoms with Crippen molar-refractivity contribution in [2.45, 2.75) is 18.5 Å². The summed E-state index contributed by atoms with van der Waals surface area (Å²) in [7, 11) is 0. The molecule has 1 atom stereocenters. The van der Waals surface area contributed by atoms with E-state index in [1.807, 2.05) is 0 Å². The molecule has 0 aliphatic rings. The molecule has 0 spiro atoms. The van der Waals surface area contributed by atoms with Gasteiger partial charge in [-0.05, 0) is 17.7 Å². The topological polar surface area (TPSA) is 35.2 Å². The minimum Gasteiger partial charge on any atom is -0.366 e. The Hall–Kier alpha value is -0.850. The maximum absolute atomic E-state index is 12.7. The van der Waals surface area contributed by atoms with Crippen molar-refractivity contribution in [3.05, 3.63) is 34.9 Å². The molecule has 0 amide bonds. The van der Waals surface area contributed by atoms with Crippen LogP contribution >= 0.6 is 11.6 Å². The summed E-state index contributed by atoms with van der Waals surface area (Å²) in [5.74, 6) is -4.19. The second-order valence-corrected chi connectivity index (χ2v) is 4.09. The predicted octanol–water partition coefficient (Wildman–Crippen LogP) is 3.26. The first-order chi connectivity index (χ1) is 8.36. The van der Waals surface area contributed by atoms with Crippen LogP contribution in [-0.4, -0.2) is 25.5 Å². The van der Waals surface area contributed by atoms with E-state index in [9.17, 15) is 17.6 Å². The Labute approximate surface area is 107 Å². The Balaban J connectivity index is 2.69. The zero-order chi connectivity index (χ0) is 13.8. The first kappa shape index (κ1) is 15.2. The van der Waals surface area contributed by atoms with E-state index in [-0.39, 0.29) is 6.54 Å². The first-order valence-electron chi connectivity index (χ1n) is 5.10. The molecule has 0 saturated heterocycles. The molecule has 0 aromatic heterocycles. The molecule has 0 fully saturated rings. The van der Waals surface area contributed by atoms with Gasteiger partial charge in [-0.15, -0.1) is 0 Å². The van der Waals surface area contributed by atoms with Gasteiger partial charge in [-0.2, -0.15) is 8.78 Å². The van der Waals surface area contributed by atoms with Crippen LogP contribution in [0.5, 0.6) is 0 Å². The lowest BCUT2D eigenvalue weighted by molar-refractivity contribution is -0.175. The van der Waals surface area contributed by atoms with E-state index >= 15 is 0 Å². The zero-order valence-corrected chi connectivity index (χ0v) is 10.0. The standard InChI is InChI=1S/C11H12ClF4NO/c12-8-3-1-2-7(4-8)9(5-17)18-6-11(15,16)10(13)14/h1-4,9-10H,5-6,17H2. The van der Waals surface area contributed by atoms with Gasteiger partial charge in [0.15, 0.2) is 0 Å². The van der Waals surface area contributed by atoms with E-state index < -0.39 is 25.1 Å². The molecule has 102 valence electrons. The lowest BCUT2D eigenvalue weighted by Crippen LogP contribution is -2.34. The highest BCUT2D eigenvalue weighted by Gasteiger charge is 2.41. The summed E-state index contributed by atoms with van der Waals surface area (Å²) in [6, 6.07) is 6.24.